The lowest BCUT2D eigenvalue weighted by atomic mass is 9.94. The maximum atomic E-state index is 15.4. The third-order valence-corrected chi connectivity index (χ3v) is 9.25. The van der Waals surface area contributed by atoms with E-state index >= 15 is 4.39 Å². The number of benzene rings is 2. The predicted octanol–water partition coefficient (Wildman–Crippen LogP) is 3.64. The van der Waals surface area contributed by atoms with Gasteiger partial charge in [-0.15, -0.1) is 11.3 Å². The number of aromatic nitrogens is 1. The van der Waals surface area contributed by atoms with Crippen molar-refractivity contribution in [2.24, 2.45) is 0 Å². The van der Waals surface area contributed by atoms with Crippen molar-refractivity contribution in [3.8, 4) is 5.75 Å². The number of carbonyl (C=O) groups is 2. The van der Waals surface area contributed by atoms with Crippen LogP contribution in [0.1, 0.15) is 44.3 Å². The minimum Gasteiger partial charge on any atom is -0.497 e. The van der Waals surface area contributed by atoms with Gasteiger partial charge in [-0.05, 0) is 43.0 Å². The monoisotopic (exact) mass is 588 g/mol. The maximum absolute atomic E-state index is 15.4. The first kappa shape index (κ1) is 29.6. The molecule has 2 aromatic carbocycles. The van der Waals surface area contributed by atoms with Gasteiger partial charge < -0.3 is 9.64 Å². The topological polar surface area (TPSA) is 109 Å². The highest BCUT2D eigenvalue weighted by Gasteiger charge is 2.53. The second-order valence-electron chi connectivity index (χ2n) is 10.0. The molecule has 2 amide bonds. The van der Waals surface area contributed by atoms with Crippen molar-refractivity contribution in [2.75, 3.05) is 27.7 Å². The Labute approximate surface area is 238 Å². The zero-order chi connectivity index (χ0) is 29.1. The number of hydrogen-bond acceptors (Lipinski definition) is 7. The molecule has 1 aromatic heterocycles. The van der Waals surface area contributed by atoms with Gasteiger partial charge in [0.25, 0.3) is 5.91 Å². The van der Waals surface area contributed by atoms with Gasteiger partial charge in [-0.25, -0.2) is 14.1 Å². The Morgan fingerprint density at radius 2 is 1.77 bits per heavy atom. The molecule has 1 atom stereocenters. The summed E-state index contributed by atoms with van der Waals surface area (Å²) in [4.78, 5) is 33.0. The van der Waals surface area contributed by atoms with Gasteiger partial charge in [0.1, 0.15) is 22.6 Å². The molecule has 1 fully saturated rings. The van der Waals surface area contributed by atoms with E-state index in [1.165, 1.54) is 30.3 Å². The van der Waals surface area contributed by atoms with E-state index in [4.69, 9.17) is 4.74 Å². The number of alkyl halides is 1. The molecule has 3 aromatic rings. The summed E-state index contributed by atoms with van der Waals surface area (Å²) in [6.07, 6.45) is 0.0915. The molecule has 0 aliphatic heterocycles. The third-order valence-electron chi connectivity index (χ3n) is 6.89. The fraction of sp³-hybridized carbons (Fsp3) is 0.393. The number of carbonyl (C=O) groups excluding carboxylic acids is 2. The zero-order valence-electron chi connectivity index (χ0n) is 22.9. The number of thiazole rings is 1. The molecule has 1 saturated carbocycles. The zero-order valence-corrected chi connectivity index (χ0v) is 24.5. The molecule has 1 N–H and O–H groups in total. The smallest absolute Gasteiger partial charge is 0.303 e. The van der Waals surface area contributed by atoms with Crippen LogP contribution in [0.2, 0.25) is 0 Å². The highest BCUT2D eigenvalue weighted by atomic mass is 32.2. The predicted molar refractivity (Wildman–Crippen MR) is 151 cm³/mol. The van der Waals surface area contributed by atoms with Crippen molar-refractivity contribution in [2.45, 2.75) is 44.3 Å². The number of amides is 2. The van der Waals surface area contributed by atoms with E-state index < -0.39 is 27.7 Å². The molecule has 214 valence electrons. The standard InChI is InChI=1S/C28H33FN4O5S2/c1-19-25(26(34)31-40(36,37)32(2)3)30-24(39-19)18-33(17-22(29)16-20-8-6-5-7-9-20)27(35)28(14-15-28)21-10-12-23(38-4)13-11-21/h5-13,22H,14-18H2,1-4H3,(H,31,34). The van der Waals surface area contributed by atoms with Crippen molar-refractivity contribution in [1.29, 1.82) is 0 Å². The Balaban J connectivity index is 1.59. The molecule has 12 heteroatoms. The summed E-state index contributed by atoms with van der Waals surface area (Å²) < 4.78 is 47.8. The molecule has 0 spiro atoms. The minimum atomic E-state index is -4.01. The molecular weight excluding hydrogens is 555 g/mol. The van der Waals surface area contributed by atoms with Crippen LogP contribution in [0.15, 0.2) is 54.6 Å². The quantitative estimate of drug-likeness (QED) is 0.346. The van der Waals surface area contributed by atoms with Gasteiger partial charge in [-0.1, -0.05) is 42.5 Å². The number of methoxy groups -OCH3 is 1. The van der Waals surface area contributed by atoms with Crippen molar-refractivity contribution in [3.05, 3.63) is 81.3 Å². The van der Waals surface area contributed by atoms with Crippen molar-refractivity contribution >= 4 is 33.4 Å². The Morgan fingerprint density at radius 1 is 1.12 bits per heavy atom. The lowest BCUT2D eigenvalue weighted by Crippen LogP contribution is -2.42. The molecule has 1 aliphatic rings. The summed E-state index contributed by atoms with van der Waals surface area (Å²) in [5, 5.41) is 0.413. The van der Waals surface area contributed by atoms with Crippen molar-refractivity contribution < 1.29 is 27.1 Å². The molecule has 1 aliphatic carbocycles. The van der Waals surface area contributed by atoms with Crippen molar-refractivity contribution in [1.82, 2.24) is 18.9 Å². The lowest BCUT2D eigenvalue weighted by molar-refractivity contribution is -0.135. The molecule has 0 radical (unpaired) electrons. The number of aryl methyl sites for hydroxylation is 1. The Kier molecular flexibility index (Phi) is 8.91. The molecular formula is C28H33FN4O5S2. The van der Waals surface area contributed by atoms with E-state index in [9.17, 15) is 18.0 Å². The SMILES string of the molecule is COc1ccc(C2(C(=O)N(Cc3nc(C(=O)NS(=O)(=O)N(C)C)c(C)s3)CC(F)Cc3ccccc3)CC2)cc1. The molecule has 9 nitrogen and oxygen atoms in total. The van der Waals surface area contributed by atoms with Crippen LogP contribution in [0.25, 0.3) is 0 Å². The normalized spacial score (nSPS) is 14.9. The van der Waals surface area contributed by atoms with Crippen molar-refractivity contribution in [3.63, 3.8) is 0 Å². The molecule has 1 unspecified atom stereocenters. The number of nitrogens with one attached hydrogen (secondary N) is 1. The highest BCUT2D eigenvalue weighted by Crippen LogP contribution is 2.50. The van der Waals surface area contributed by atoms with Gasteiger partial charge in [0.05, 0.1) is 25.6 Å². The van der Waals surface area contributed by atoms with Crippen LogP contribution in [-0.4, -0.2) is 68.3 Å². The van der Waals surface area contributed by atoms with Crippen LogP contribution in [-0.2, 0) is 33.4 Å². The highest BCUT2D eigenvalue weighted by molar-refractivity contribution is 7.87. The summed E-state index contributed by atoms with van der Waals surface area (Å²) in [5.41, 5.74) is 0.858. The van der Waals surface area contributed by atoms with Crippen LogP contribution < -0.4 is 9.46 Å². The van der Waals surface area contributed by atoms with Gasteiger partial charge in [-0.2, -0.15) is 12.7 Å². The fourth-order valence-corrected chi connectivity index (χ4v) is 5.97. The summed E-state index contributed by atoms with van der Waals surface area (Å²) in [6.45, 7) is 1.49. The largest absolute Gasteiger partial charge is 0.497 e. The van der Waals surface area contributed by atoms with Gasteiger partial charge in [-0.3, -0.25) is 9.59 Å². The van der Waals surface area contributed by atoms with Crippen LogP contribution in [0, 0.1) is 6.92 Å². The van der Waals surface area contributed by atoms with Crippen LogP contribution in [0.5, 0.6) is 5.75 Å². The van der Waals surface area contributed by atoms with Crippen LogP contribution in [0.3, 0.4) is 0 Å². The lowest BCUT2D eigenvalue weighted by Gasteiger charge is -2.28. The van der Waals surface area contributed by atoms with E-state index in [0.29, 0.717) is 28.5 Å². The molecule has 0 bridgehead atoms. The second kappa shape index (κ2) is 12.0. The van der Waals surface area contributed by atoms with Gasteiger partial charge in [0.15, 0.2) is 0 Å². The molecule has 4 rings (SSSR count). The van der Waals surface area contributed by atoms with Gasteiger partial charge >= 0.3 is 10.2 Å². The van der Waals surface area contributed by atoms with Gasteiger partial charge in [0, 0.05) is 25.4 Å². The molecule has 0 saturated heterocycles. The number of rotatable bonds is 12. The first-order valence-electron chi connectivity index (χ1n) is 12.8. The maximum Gasteiger partial charge on any atom is 0.303 e. The minimum absolute atomic E-state index is 0.00876. The number of nitrogens with zero attached hydrogens (tertiary/aromatic N) is 3. The summed E-state index contributed by atoms with van der Waals surface area (Å²) >= 11 is 1.17. The Morgan fingerprint density at radius 3 is 2.35 bits per heavy atom. The number of halogens is 1. The fourth-order valence-electron chi connectivity index (χ4n) is 4.51. The average Bonchev–Trinajstić information content (AvgIpc) is 3.65. The van der Waals surface area contributed by atoms with E-state index in [-0.39, 0.29) is 31.1 Å². The molecule has 1 heterocycles. The number of ether oxygens (including phenoxy) is 1. The van der Waals surface area contributed by atoms with Gasteiger partial charge in [0.2, 0.25) is 5.91 Å². The Bertz CT molecular complexity index is 1460. The first-order valence-corrected chi connectivity index (χ1v) is 15.0. The molecule has 40 heavy (non-hydrogen) atoms. The van der Waals surface area contributed by atoms with E-state index in [2.05, 4.69) is 4.98 Å². The van der Waals surface area contributed by atoms with Crippen LogP contribution in [0.4, 0.5) is 4.39 Å². The number of hydrogen-bond donors (Lipinski definition) is 1. The summed E-state index contributed by atoms with van der Waals surface area (Å²) in [6, 6.07) is 16.6. The summed E-state index contributed by atoms with van der Waals surface area (Å²) in [7, 11) is 0.173. The van der Waals surface area contributed by atoms with E-state index in [1.54, 1.807) is 26.2 Å². The van der Waals surface area contributed by atoms with Crippen LogP contribution >= 0.6 is 11.3 Å². The van der Waals surface area contributed by atoms with E-state index in [1.807, 2.05) is 47.2 Å². The summed E-state index contributed by atoms with van der Waals surface area (Å²) in [5.74, 6) is -0.394. The third kappa shape index (κ3) is 6.68. The first-order chi connectivity index (χ1) is 18.9. The average molecular weight is 589 g/mol. The van der Waals surface area contributed by atoms with E-state index in [0.717, 1.165) is 15.4 Å². The Hall–Kier alpha value is -3.35. The second-order valence-corrected chi connectivity index (χ2v) is 13.2.